The standard InChI is InChI=1S/C12H19N3O5/c1-7(16)14-10(12(19)20)9(17)6-15-5-3-4-8(15)11(18)13-2/h8,10H,3-6H2,1-2H3,(H,13,18)(H,14,16)(H,19,20)/t8-,10?/m0/s1. The summed E-state index contributed by atoms with van der Waals surface area (Å²) in [5.41, 5.74) is 0. The van der Waals surface area contributed by atoms with Gasteiger partial charge in [-0.2, -0.15) is 0 Å². The normalized spacial score (nSPS) is 20.2. The van der Waals surface area contributed by atoms with E-state index in [1.54, 1.807) is 4.90 Å². The maximum atomic E-state index is 12.0. The Morgan fingerprint density at radius 3 is 2.50 bits per heavy atom. The van der Waals surface area contributed by atoms with Crippen LogP contribution in [0.5, 0.6) is 0 Å². The zero-order valence-corrected chi connectivity index (χ0v) is 11.5. The number of Topliss-reactive ketones (excluding diaryl/α,β-unsaturated/α-hetero) is 1. The van der Waals surface area contributed by atoms with Gasteiger partial charge in [-0.05, 0) is 19.4 Å². The number of ketones is 1. The van der Waals surface area contributed by atoms with Gasteiger partial charge in [-0.25, -0.2) is 4.79 Å². The van der Waals surface area contributed by atoms with E-state index < -0.39 is 29.7 Å². The molecule has 1 aliphatic rings. The molecular weight excluding hydrogens is 266 g/mol. The van der Waals surface area contributed by atoms with Gasteiger partial charge in [0.15, 0.2) is 11.8 Å². The quantitative estimate of drug-likeness (QED) is 0.504. The Bertz CT molecular complexity index is 423. The lowest BCUT2D eigenvalue weighted by molar-refractivity contribution is -0.146. The summed E-state index contributed by atoms with van der Waals surface area (Å²) in [6, 6.07) is -1.99. The monoisotopic (exact) mass is 285 g/mol. The number of hydrogen-bond donors (Lipinski definition) is 3. The van der Waals surface area contributed by atoms with Crippen molar-refractivity contribution in [3.8, 4) is 0 Å². The lowest BCUT2D eigenvalue weighted by Crippen LogP contribution is -2.51. The molecule has 1 unspecified atom stereocenters. The summed E-state index contributed by atoms with van der Waals surface area (Å²) >= 11 is 0. The fourth-order valence-corrected chi connectivity index (χ4v) is 2.25. The van der Waals surface area contributed by atoms with Crippen LogP contribution in [0.1, 0.15) is 19.8 Å². The molecule has 1 aliphatic heterocycles. The van der Waals surface area contributed by atoms with Crippen LogP contribution in [0.25, 0.3) is 0 Å². The predicted molar refractivity (Wildman–Crippen MR) is 68.9 cm³/mol. The second kappa shape index (κ2) is 6.99. The van der Waals surface area contributed by atoms with Gasteiger partial charge in [-0.15, -0.1) is 0 Å². The zero-order valence-electron chi connectivity index (χ0n) is 11.5. The molecule has 0 aromatic carbocycles. The maximum absolute atomic E-state index is 12.0. The van der Waals surface area contributed by atoms with Crippen LogP contribution in [0.4, 0.5) is 0 Å². The van der Waals surface area contributed by atoms with E-state index in [2.05, 4.69) is 10.6 Å². The Morgan fingerprint density at radius 1 is 1.35 bits per heavy atom. The molecule has 2 atom stereocenters. The van der Waals surface area contributed by atoms with Gasteiger partial charge in [0, 0.05) is 14.0 Å². The Morgan fingerprint density at radius 2 is 2.00 bits per heavy atom. The Kier molecular flexibility index (Phi) is 5.63. The van der Waals surface area contributed by atoms with Crippen molar-refractivity contribution in [3.05, 3.63) is 0 Å². The molecule has 20 heavy (non-hydrogen) atoms. The van der Waals surface area contributed by atoms with Gasteiger partial charge in [0.25, 0.3) is 0 Å². The predicted octanol–water partition coefficient (Wildman–Crippen LogP) is -1.64. The van der Waals surface area contributed by atoms with E-state index in [1.807, 2.05) is 0 Å². The zero-order chi connectivity index (χ0) is 15.3. The van der Waals surface area contributed by atoms with Crippen LogP contribution < -0.4 is 10.6 Å². The first-order valence-corrected chi connectivity index (χ1v) is 6.35. The summed E-state index contributed by atoms with van der Waals surface area (Å²) in [5, 5.41) is 13.6. The molecule has 0 aliphatic carbocycles. The number of likely N-dealkylation sites (tertiary alicyclic amines) is 1. The van der Waals surface area contributed by atoms with Crippen LogP contribution in [-0.2, 0) is 19.2 Å². The number of nitrogens with one attached hydrogen (secondary N) is 2. The van der Waals surface area contributed by atoms with Gasteiger partial charge in [0.05, 0.1) is 12.6 Å². The lowest BCUT2D eigenvalue weighted by atomic mass is 10.1. The second-order valence-corrected chi connectivity index (χ2v) is 4.68. The van der Waals surface area contributed by atoms with Gasteiger partial charge < -0.3 is 15.7 Å². The minimum absolute atomic E-state index is 0.171. The summed E-state index contributed by atoms with van der Waals surface area (Å²) in [4.78, 5) is 47.1. The van der Waals surface area contributed by atoms with Crippen molar-refractivity contribution < 1.29 is 24.3 Å². The summed E-state index contributed by atoms with van der Waals surface area (Å²) in [7, 11) is 1.51. The number of rotatable bonds is 6. The highest BCUT2D eigenvalue weighted by Crippen LogP contribution is 2.17. The maximum Gasteiger partial charge on any atom is 0.334 e. The lowest BCUT2D eigenvalue weighted by Gasteiger charge is -2.23. The molecule has 0 aromatic rings. The summed E-state index contributed by atoms with van der Waals surface area (Å²) in [6.45, 7) is 1.53. The smallest absolute Gasteiger partial charge is 0.334 e. The van der Waals surface area contributed by atoms with Gasteiger partial charge >= 0.3 is 5.97 Å². The van der Waals surface area contributed by atoms with Crippen molar-refractivity contribution in [2.45, 2.75) is 31.8 Å². The third-order valence-electron chi connectivity index (χ3n) is 3.19. The van der Waals surface area contributed by atoms with Crippen LogP contribution >= 0.6 is 0 Å². The molecule has 0 radical (unpaired) electrons. The SMILES string of the molecule is CNC(=O)[C@@H]1CCCN1CC(=O)C(NC(C)=O)C(=O)O. The van der Waals surface area contributed by atoms with Crippen LogP contribution in [0, 0.1) is 0 Å². The van der Waals surface area contributed by atoms with Crippen LogP contribution in [-0.4, -0.2) is 65.8 Å². The summed E-state index contributed by atoms with van der Waals surface area (Å²) in [5.74, 6) is -2.82. The van der Waals surface area contributed by atoms with Crippen molar-refractivity contribution in [1.29, 1.82) is 0 Å². The average molecular weight is 285 g/mol. The third-order valence-corrected chi connectivity index (χ3v) is 3.19. The number of carbonyl (C=O) groups excluding carboxylic acids is 3. The summed E-state index contributed by atoms with van der Waals surface area (Å²) < 4.78 is 0. The molecule has 0 saturated carbocycles. The average Bonchev–Trinajstić information content (AvgIpc) is 2.82. The van der Waals surface area contributed by atoms with E-state index in [9.17, 15) is 19.2 Å². The Labute approximate surface area is 116 Å². The fraction of sp³-hybridized carbons (Fsp3) is 0.667. The number of amides is 2. The number of carbonyl (C=O) groups is 4. The number of carboxylic acids is 1. The first kappa shape index (κ1) is 16.1. The molecule has 0 aromatic heterocycles. The van der Waals surface area contributed by atoms with Crippen molar-refractivity contribution in [1.82, 2.24) is 15.5 Å². The van der Waals surface area contributed by atoms with E-state index in [0.717, 1.165) is 13.3 Å². The summed E-state index contributed by atoms with van der Waals surface area (Å²) in [6.07, 6.45) is 1.40. The highest BCUT2D eigenvalue weighted by molar-refractivity contribution is 6.05. The molecule has 3 N–H and O–H groups in total. The topological polar surface area (TPSA) is 116 Å². The van der Waals surface area contributed by atoms with Gasteiger partial charge in [0.1, 0.15) is 0 Å². The highest BCUT2D eigenvalue weighted by atomic mass is 16.4. The second-order valence-electron chi connectivity index (χ2n) is 4.68. The van der Waals surface area contributed by atoms with Crippen molar-refractivity contribution in [2.24, 2.45) is 0 Å². The third kappa shape index (κ3) is 4.02. The van der Waals surface area contributed by atoms with Crippen molar-refractivity contribution in [2.75, 3.05) is 20.1 Å². The molecule has 0 spiro atoms. The Hall–Kier alpha value is -1.96. The van der Waals surface area contributed by atoms with Crippen LogP contribution in [0.15, 0.2) is 0 Å². The first-order chi connectivity index (χ1) is 9.36. The van der Waals surface area contributed by atoms with E-state index in [-0.39, 0.29) is 12.5 Å². The number of likely N-dealkylation sites (N-methyl/N-ethyl adjacent to an activating group) is 1. The van der Waals surface area contributed by atoms with Gasteiger partial charge in [-0.3, -0.25) is 19.3 Å². The van der Waals surface area contributed by atoms with Crippen LogP contribution in [0.2, 0.25) is 0 Å². The molecule has 1 saturated heterocycles. The molecular formula is C12H19N3O5. The first-order valence-electron chi connectivity index (χ1n) is 6.35. The fourth-order valence-electron chi connectivity index (χ4n) is 2.25. The van der Waals surface area contributed by atoms with E-state index >= 15 is 0 Å². The van der Waals surface area contributed by atoms with Gasteiger partial charge in [0.2, 0.25) is 11.8 Å². The highest BCUT2D eigenvalue weighted by Gasteiger charge is 2.35. The van der Waals surface area contributed by atoms with E-state index in [4.69, 9.17) is 5.11 Å². The largest absolute Gasteiger partial charge is 0.479 e. The minimum atomic E-state index is -1.57. The Balaban J connectivity index is 2.70. The van der Waals surface area contributed by atoms with Crippen molar-refractivity contribution >= 4 is 23.6 Å². The molecule has 8 heteroatoms. The number of carboxylic acid groups (broad SMARTS) is 1. The van der Waals surface area contributed by atoms with Crippen molar-refractivity contribution in [3.63, 3.8) is 0 Å². The molecule has 1 heterocycles. The molecule has 1 fully saturated rings. The minimum Gasteiger partial charge on any atom is -0.479 e. The molecule has 8 nitrogen and oxygen atoms in total. The molecule has 112 valence electrons. The number of aliphatic carboxylic acids is 1. The van der Waals surface area contributed by atoms with E-state index in [0.29, 0.717) is 13.0 Å². The molecule has 2 amide bonds. The van der Waals surface area contributed by atoms with Crippen LogP contribution in [0.3, 0.4) is 0 Å². The number of nitrogens with zero attached hydrogens (tertiary/aromatic N) is 1. The van der Waals surface area contributed by atoms with E-state index in [1.165, 1.54) is 7.05 Å². The molecule has 0 bridgehead atoms. The molecule has 1 rings (SSSR count). The van der Waals surface area contributed by atoms with Gasteiger partial charge in [-0.1, -0.05) is 0 Å². The number of hydrogen-bond acceptors (Lipinski definition) is 5.